The van der Waals surface area contributed by atoms with Crippen molar-refractivity contribution in [1.82, 2.24) is 0 Å². The van der Waals surface area contributed by atoms with Crippen molar-refractivity contribution in [2.45, 2.75) is 39.2 Å². The molecule has 1 atom stereocenters. The summed E-state index contributed by atoms with van der Waals surface area (Å²) in [5, 5.41) is 0. The maximum Gasteiger partial charge on any atom is 0.0922 e. The Labute approximate surface area is 57.2 Å². The highest BCUT2D eigenvalue weighted by molar-refractivity contribution is 5.83. The van der Waals surface area contributed by atoms with Gasteiger partial charge in [-0.25, -0.2) is 0 Å². The molecule has 0 spiro atoms. The fourth-order valence-corrected chi connectivity index (χ4v) is 0.820. The number of hydrogen-bond acceptors (Lipinski definition) is 1. The molecule has 0 radical (unpaired) electrons. The molecule has 52 valence electrons. The summed E-state index contributed by atoms with van der Waals surface area (Å²) < 4.78 is 0. The van der Waals surface area contributed by atoms with Gasteiger partial charge in [0.2, 0.25) is 0 Å². The average Bonchev–Trinajstić information content (AvgIpc) is 2.45. The Balaban J connectivity index is 2.06. The molecule has 1 nitrogen and oxygen atoms in total. The number of rotatable bonds is 3. The van der Waals surface area contributed by atoms with Crippen LogP contribution >= 0.6 is 0 Å². The zero-order chi connectivity index (χ0) is 6.91. The lowest BCUT2D eigenvalue weighted by molar-refractivity contribution is 0.508. The Bertz CT molecular complexity index is 119. The molecule has 1 aliphatic rings. The van der Waals surface area contributed by atoms with Crippen LogP contribution in [0, 0.1) is 5.92 Å². The molecule has 0 aromatic heterocycles. The summed E-state index contributed by atoms with van der Waals surface area (Å²) in [7, 11) is 0. The van der Waals surface area contributed by atoms with Crippen LogP contribution in [0.5, 0.6) is 0 Å². The highest BCUT2D eigenvalue weighted by Crippen LogP contribution is 2.26. The Morgan fingerprint density at radius 2 is 2.11 bits per heavy atom. The third kappa shape index (κ3) is 2.17. The van der Waals surface area contributed by atoms with E-state index in [1.807, 2.05) is 0 Å². The molecule has 9 heavy (non-hydrogen) atoms. The summed E-state index contributed by atoms with van der Waals surface area (Å²) in [5.74, 6) is 0.825. The fraction of sp³-hybridized carbons (Fsp3) is 0.875. The van der Waals surface area contributed by atoms with Gasteiger partial charge in [-0.2, -0.15) is 0 Å². The van der Waals surface area contributed by atoms with E-state index in [0.717, 1.165) is 5.92 Å². The Kier molecular flexibility index (Phi) is 1.60. The first-order valence-electron chi connectivity index (χ1n) is 3.69. The van der Waals surface area contributed by atoms with E-state index >= 15 is 0 Å². The van der Waals surface area contributed by atoms with Gasteiger partial charge < -0.3 is 0 Å². The number of nitrogens with zero attached hydrogens (tertiary/aromatic N) is 1. The van der Waals surface area contributed by atoms with Crippen LogP contribution in [0.1, 0.15) is 33.6 Å². The highest BCUT2D eigenvalue weighted by atomic mass is 15.0. The van der Waals surface area contributed by atoms with Gasteiger partial charge in [-0.3, -0.25) is 4.99 Å². The van der Waals surface area contributed by atoms with E-state index < -0.39 is 0 Å². The molecule has 1 heteroatoms. The zero-order valence-corrected chi connectivity index (χ0v) is 6.52. The lowest BCUT2D eigenvalue weighted by Crippen LogP contribution is -2.07. The van der Waals surface area contributed by atoms with Crippen molar-refractivity contribution in [3.8, 4) is 0 Å². The van der Waals surface area contributed by atoms with Gasteiger partial charge in [0, 0.05) is 6.21 Å². The van der Waals surface area contributed by atoms with Gasteiger partial charge in [0.15, 0.2) is 0 Å². The second-order valence-corrected chi connectivity index (χ2v) is 3.55. The van der Waals surface area contributed by atoms with Crippen LogP contribution in [0.25, 0.3) is 0 Å². The minimum Gasteiger partial charge on any atom is -0.283 e. The van der Waals surface area contributed by atoms with Crippen molar-refractivity contribution < 1.29 is 0 Å². The van der Waals surface area contributed by atoms with Gasteiger partial charge in [-0.05, 0) is 25.7 Å². The molecule has 0 N–H and O–H groups in total. The van der Waals surface area contributed by atoms with Crippen LogP contribution in [-0.4, -0.2) is 11.8 Å². The molecule has 0 aromatic rings. The number of aliphatic imine (C=N–C) groups is 1. The Hall–Kier alpha value is -0.330. The second kappa shape index (κ2) is 2.13. The van der Waals surface area contributed by atoms with Crippen molar-refractivity contribution >= 4 is 6.21 Å². The summed E-state index contributed by atoms with van der Waals surface area (Å²) in [4.78, 5) is 4.18. The van der Waals surface area contributed by atoms with Crippen LogP contribution < -0.4 is 0 Å². The predicted molar refractivity (Wildman–Crippen MR) is 41.0 cm³/mol. The predicted octanol–water partition coefficient (Wildman–Crippen LogP) is 2.27. The summed E-state index contributed by atoms with van der Waals surface area (Å²) in [6.45, 7) is 6.70. The fourth-order valence-electron chi connectivity index (χ4n) is 0.820. The molecule has 1 heterocycles. The molecule has 0 amide bonds. The average molecular weight is 125 g/mol. The summed E-state index contributed by atoms with van der Waals surface area (Å²) in [5.41, 5.74) is 0.282. The molecular formula is C8H15N. The topological polar surface area (TPSA) is 12.4 Å². The standard InChI is InChI=1S/C8H15N/c1-7(2)4-5-8(3)6-9-8/h6-7H,4-5H2,1-3H3. The van der Waals surface area contributed by atoms with Gasteiger partial charge in [0.25, 0.3) is 0 Å². The molecule has 0 fully saturated rings. The van der Waals surface area contributed by atoms with Gasteiger partial charge in [0.05, 0.1) is 5.54 Å². The molecule has 1 aliphatic heterocycles. The minimum absolute atomic E-state index is 0.282. The van der Waals surface area contributed by atoms with Crippen LogP contribution in [-0.2, 0) is 0 Å². The third-order valence-electron chi connectivity index (χ3n) is 1.80. The first kappa shape index (κ1) is 6.79. The monoisotopic (exact) mass is 125 g/mol. The minimum atomic E-state index is 0.282. The summed E-state index contributed by atoms with van der Waals surface area (Å²) in [6, 6.07) is 0. The number of hydrogen-bond donors (Lipinski definition) is 0. The lowest BCUT2D eigenvalue weighted by atomic mass is 9.99. The largest absolute Gasteiger partial charge is 0.283 e. The molecule has 0 aliphatic carbocycles. The van der Waals surface area contributed by atoms with E-state index in [1.165, 1.54) is 12.8 Å². The third-order valence-corrected chi connectivity index (χ3v) is 1.80. The Morgan fingerprint density at radius 1 is 1.56 bits per heavy atom. The van der Waals surface area contributed by atoms with Crippen LogP contribution in [0.4, 0.5) is 0 Å². The van der Waals surface area contributed by atoms with E-state index in [1.54, 1.807) is 0 Å². The molecule has 1 unspecified atom stereocenters. The van der Waals surface area contributed by atoms with Crippen molar-refractivity contribution in [2.75, 3.05) is 0 Å². The molecule has 0 aromatic carbocycles. The summed E-state index contributed by atoms with van der Waals surface area (Å²) in [6.07, 6.45) is 4.59. The zero-order valence-electron chi connectivity index (χ0n) is 6.52. The van der Waals surface area contributed by atoms with Crippen molar-refractivity contribution in [1.29, 1.82) is 0 Å². The van der Waals surface area contributed by atoms with E-state index in [4.69, 9.17) is 0 Å². The molecule has 0 saturated carbocycles. The van der Waals surface area contributed by atoms with Crippen molar-refractivity contribution in [2.24, 2.45) is 10.9 Å². The lowest BCUT2D eigenvalue weighted by Gasteiger charge is -2.07. The Morgan fingerprint density at radius 3 is 2.44 bits per heavy atom. The smallest absolute Gasteiger partial charge is 0.0922 e. The maximum absolute atomic E-state index is 4.18. The highest BCUT2D eigenvalue weighted by Gasteiger charge is 2.29. The van der Waals surface area contributed by atoms with E-state index in [2.05, 4.69) is 32.0 Å². The SMILES string of the molecule is CC(C)CCC1(C)C=N1. The van der Waals surface area contributed by atoms with Gasteiger partial charge >= 0.3 is 0 Å². The second-order valence-electron chi connectivity index (χ2n) is 3.55. The quantitative estimate of drug-likeness (QED) is 0.548. The molecular weight excluding hydrogens is 110 g/mol. The van der Waals surface area contributed by atoms with Crippen LogP contribution in [0.15, 0.2) is 4.99 Å². The molecule has 0 bridgehead atoms. The van der Waals surface area contributed by atoms with E-state index in [9.17, 15) is 0 Å². The van der Waals surface area contributed by atoms with Crippen molar-refractivity contribution in [3.05, 3.63) is 0 Å². The first-order chi connectivity index (χ1) is 4.12. The van der Waals surface area contributed by atoms with Gasteiger partial charge in [0.1, 0.15) is 0 Å². The van der Waals surface area contributed by atoms with E-state index in [-0.39, 0.29) is 5.54 Å². The van der Waals surface area contributed by atoms with Crippen LogP contribution in [0.2, 0.25) is 0 Å². The maximum atomic E-state index is 4.18. The van der Waals surface area contributed by atoms with Crippen molar-refractivity contribution in [3.63, 3.8) is 0 Å². The molecule has 1 rings (SSSR count). The van der Waals surface area contributed by atoms with E-state index in [0.29, 0.717) is 0 Å². The van der Waals surface area contributed by atoms with Gasteiger partial charge in [-0.1, -0.05) is 13.8 Å². The van der Waals surface area contributed by atoms with Gasteiger partial charge in [-0.15, -0.1) is 0 Å². The normalized spacial score (nSPS) is 31.6. The first-order valence-corrected chi connectivity index (χ1v) is 3.69. The summed E-state index contributed by atoms with van der Waals surface area (Å²) >= 11 is 0. The molecule has 0 saturated heterocycles. The van der Waals surface area contributed by atoms with Crippen LogP contribution in [0.3, 0.4) is 0 Å².